The molecule has 0 spiro atoms. The number of nitrogens with one attached hydrogen (secondary N) is 3. The summed E-state index contributed by atoms with van der Waals surface area (Å²) in [5, 5.41) is 16.2. The van der Waals surface area contributed by atoms with Crippen LogP contribution in [-0.2, 0) is 9.59 Å². The molecule has 1 aliphatic carbocycles. The van der Waals surface area contributed by atoms with Crippen molar-refractivity contribution in [1.29, 1.82) is 5.26 Å². The predicted octanol–water partition coefficient (Wildman–Crippen LogP) is 3.12. The molecular weight excluding hydrogens is 470 g/mol. The highest BCUT2D eigenvalue weighted by Crippen LogP contribution is 2.38. The molecule has 196 valence electrons. The van der Waals surface area contributed by atoms with Gasteiger partial charge >= 0.3 is 0 Å². The molecule has 1 saturated carbocycles. The second kappa shape index (κ2) is 10.8. The van der Waals surface area contributed by atoms with Crippen LogP contribution in [0.3, 0.4) is 0 Å². The Bertz CT molecular complexity index is 1210. The standard InChI is InChI=1S/C28H35N5O4/c1-37-25-9-5-8-22-21(25)14-23(32-22)28(36)33-16-19(17-6-3-2-4-7-17)13-24(33)27(35)31-20(15-29)12-18-10-11-30-26(18)34/h5,8-9,14,17-20,24,32H,2-4,6-7,10-13,16H2,1H3,(H,30,34)(H,31,35)/t18-,19+,20-,24-/m0/s1. The summed E-state index contributed by atoms with van der Waals surface area (Å²) in [6.07, 6.45) is 7.40. The van der Waals surface area contributed by atoms with Crippen LogP contribution in [0.2, 0.25) is 0 Å². The second-order valence-corrected chi connectivity index (χ2v) is 10.7. The molecule has 5 rings (SSSR count). The second-order valence-electron chi connectivity index (χ2n) is 10.7. The Morgan fingerprint density at radius 1 is 1.22 bits per heavy atom. The number of likely N-dealkylation sites (tertiary alicyclic amines) is 1. The minimum atomic E-state index is -0.774. The molecule has 3 N–H and O–H groups in total. The summed E-state index contributed by atoms with van der Waals surface area (Å²) in [7, 11) is 1.60. The molecule has 0 bridgehead atoms. The number of aromatic amines is 1. The minimum absolute atomic E-state index is 0.0706. The van der Waals surface area contributed by atoms with Crippen LogP contribution in [0.15, 0.2) is 24.3 Å². The first-order valence-electron chi connectivity index (χ1n) is 13.4. The fraction of sp³-hybridized carbons (Fsp3) is 0.571. The van der Waals surface area contributed by atoms with Crippen molar-refractivity contribution < 1.29 is 19.1 Å². The number of benzene rings is 1. The lowest BCUT2D eigenvalue weighted by atomic mass is 9.79. The van der Waals surface area contributed by atoms with Gasteiger partial charge in [0.25, 0.3) is 5.91 Å². The van der Waals surface area contributed by atoms with Crippen molar-refractivity contribution >= 4 is 28.6 Å². The minimum Gasteiger partial charge on any atom is -0.496 e. The molecule has 2 saturated heterocycles. The van der Waals surface area contributed by atoms with Gasteiger partial charge in [-0.2, -0.15) is 5.26 Å². The van der Waals surface area contributed by atoms with Crippen LogP contribution in [0.5, 0.6) is 5.75 Å². The quantitative estimate of drug-likeness (QED) is 0.533. The van der Waals surface area contributed by atoms with Crippen molar-refractivity contribution in [2.24, 2.45) is 17.8 Å². The summed E-state index contributed by atoms with van der Waals surface area (Å²) >= 11 is 0. The Kier molecular flexibility index (Phi) is 7.36. The molecule has 2 aliphatic heterocycles. The Morgan fingerprint density at radius 3 is 2.73 bits per heavy atom. The molecule has 37 heavy (non-hydrogen) atoms. The number of nitriles is 1. The molecule has 0 unspecified atom stereocenters. The normalized spacial score (nSPS) is 25.0. The van der Waals surface area contributed by atoms with Gasteiger partial charge in [0.05, 0.1) is 13.2 Å². The van der Waals surface area contributed by atoms with E-state index in [-0.39, 0.29) is 36.0 Å². The number of rotatable bonds is 7. The maximum absolute atomic E-state index is 13.8. The number of ether oxygens (including phenoxy) is 1. The summed E-state index contributed by atoms with van der Waals surface area (Å²) in [5.74, 6) is 0.544. The number of H-pyrrole nitrogens is 1. The van der Waals surface area contributed by atoms with Crippen molar-refractivity contribution in [1.82, 2.24) is 20.5 Å². The molecule has 3 aliphatic rings. The van der Waals surface area contributed by atoms with E-state index in [2.05, 4.69) is 21.7 Å². The average Bonchev–Trinajstić information content (AvgIpc) is 3.66. The monoisotopic (exact) mass is 505 g/mol. The third-order valence-electron chi connectivity index (χ3n) is 8.44. The highest BCUT2D eigenvalue weighted by Gasteiger charge is 2.43. The molecule has 1 aromatic carbocycles. The topological polar surface area (TPSA) is 127 Å². The number of amides is 3. The van der Waals surface area contributed by atoms with Crippen LogP contribution in [0.4, 0.5) is 0 Å². The molecule has 2 aromatic rings. The largest absolute Gasteiger partial charge is 0.496 e. The fourth-order valence-corrected chi connectivity index (χ4v) is 6.43. The lowest BCUT2D eigenvalue weighted by molar-refractivity contribution is -0.126. The van der Waals surface area contributed by atoms with E-state index in [0.717, 1.165) is 23.7 Å². The van der Waals surface area contributed by atoms with Gasteiger partial charge in [-0.15, -0.1) is 0 Å². The number of aromatic nitrogens is 1. The van der Waals surface area contributed by atoms with E-state index in [0.29, 0.717) is 43.3 Å². The van der Waals surface area contributed by atoms with Crippen LogP contribution < -0.4 is 15.4 Å². The van der Waals surface area contributed by atoms with Crippen LogP contribution in [0, 0.1) is 29.1 Å². The SMILES string of the molecule is COc1cccc2[nH]c(C(=O)N3C[C@H](C4CCCCC4)C[C@H]3C(=O)N[C@H](C#N)C[C@@H]3CCNC3=O)cc12. The Labute approximate surface area is 216 Å². The van der Waals surface area contributed by atoms with Gasteiger partial charge in [-0.1, -0.05) is 38.2 Å². The third-order valence-corrected chi connectivity index (χ3v) is 8.44. The summed E-state index contributed by atoms with van der Waals surface area (Å²) < 4.78 is 5.45. The van der Waals surface area contributed by atoms with Crippen LogP contribution in [0.1, 0.15) is 61.9 Å². The van der Waals surface area contributed by atoms with Gasteiger partial charge in [-0.25, -0.2) is 0 Å². The molecule has 1 aromatic heterocycles. The van der Waals surface area contributed by atoms with Gasteiger partial charge in [0, 0.05) is 29.9 Å². The number of nitrogens with zero attached hydrogens (tertiary/aromatic N) is 2. The fourth-order valence-electron chi connectivity index (χ4n) is 6.43. The maximum Gasteiger partial charge on any atom is 0.270 e. The first-order chi connectivity index (χ1) is 18.0. The lowest BCUT2D eigenvalue weighted by Gasteiger charge is -2.27. The zero-order valence-corrected chi connectivity index (χ0v) is 21.3. The summed E-state index contributed by atoms with van der Waals surface area (Å²) in [6, 6.07) is 8.12. The average molecular weight is 506 g/mol. The van der Waals surface area contributed by atoms with E-state index in [1.54, 1.807) is 18.1 Å². The Hall–Kier alpha value is -3.54. The van der Waals surface area contributed by atoms with Gasteiger partial charge in [-0.05, 0) is 49.3 Å². The van der Waals surface area contributed by atoms with Gasteiger partial charge in [0.2, 0.25) is 11.8 Å². The Balaban J connectivity index is 1.37. The van der Waals surface area contributed by atoms with Crippen molar-refractivity contribution in [3.05, 3.63) is 30.0 Å². The number of fused-ring (bicyclic) bond motifs is 1. The van der Waals surface area contributed by atoms with E-state index in [9.17, 15) is 19.6 Å². The highest BCUT2D eigenvalue weighted by atomic mass is 16.5. The highest BCUT2D eigenvalue weighted by molar-refractivity contribution is 6.01. The van der Waals surface area contributed by atoms with Gasteiger partial charge in [0.15, 0.2) is 0 Å². The van der Waals surface area contributed by atoms with Crippen LogP contribution >= 0.6 is 0 Å². The van der Waals surface area contributed by atoms with E-state index >= 15 is 0 Å². The molecule has 3 amide bonds. The zero-order chi connectivity index (χ0) is 25.9. The van der Waals surface area contributed by atoms with E-state index in [1.807, 2.05) is 18.2 Å². The maximum atomic E-state index is 13.8. The van der Waals surface area contributed by atoms with E-state index < -0.39 is 12.1 Å². The Morgan fingerprint density at radius 2 is 2.03 bits per heavy atom. The predicted molar refractivity (Wildman–Crippen MR) is 138 cm³/mol. The van der Waals surface area contributed by atoms with E-state index in [1.165, 1.54) is 19.3 Å². The lowest BCUT2D eigenvalue weighted by Crippen LogP contribution is -2.49. The number of carbonyl (C=O) groups is 3. The number of hydrogen-bond acceptors (Lipinski definition) is 5. The summed E-state index contributed by atoms with van der Waals surface area (Å²) in [6.45, 7) is 1.12. The molecule has 9 heteroatoms. The van der Waals surface area contributed by atoms with Crippen LogP contribution in [0.25, 0.3) is 10.9 Å². The van der Waals surface area contributed by atoms with Crippen molar-refractivity contribution in [2.45, 2.75) is 63.5 Å². The van der Waals surface area contributed by atoms with Crippen LogP contribution in [-0.4, -0.2) is 59.9 Å². The van der Waals surface area contributed by atoms with Gasteiger partial charge in [0.1, 0.15) is 23.5 Å². The molecule has 0 radical (unpaired) electrons. The summed E-state index contributed by atoms with van der Waals surface area (Å²) in [4.78, 5) is 44.2. The van der Waals surface area contributed by atoms with Crippen molar-refractivity contribution in [2.75, 3.05) is 20.2 Å². The third kappa shape index (κ3) is 5.15. The van der Waals surface area contributed by atoms with Gasteiger partial charge in [-0.3, -0.25) is 14.4 Å². The van der Waals surface area contributed by atoms with Crippen molar-refractivity contribution in [3.63, 3.8) is 0 Å². The first-order valence-corrected chi connectivity index (χ1v) is 13.4. The molecule has 9 nitrogen and oxygen atoms in total. The number of hydrogen-bond donors (Lipinski definition) is 3. The van der Waals surface area contributed by atoms with E-state index in [4.69, 9.17) is 4.74 Å². The summed E-state index contributed by atoms with van der Waals surface area (Å²) in [5.41, 5.74) is 1.21. The molecule has 4 atom stereocenters. The van der Waals surface area contributed by atoms with Crippen molar-refractivity contribution in [3.8, 4) is 11.8 Å². The first kappa shape index (κ1) is 25.1. The smallest absolute Gasteiger partial charge is 0.270 e. The molecular formula is C28H35N5O4. The zero-order valence-electron chi connectivity index (χ0n) is 21.3. The number of methoxy groups -OCH3 is 1. The number of carbonyl (C=O) groups excluding carboxylic acids is 3. The molecule has 3 heterocycles. The molecule has 3 fully saturated rings. The van der Waals surface area contributed by atoms with Gasteiger partial charge < -0.3 is 25.3 Å².